The maximum absolute atomic E-state index is 12.1. The van der Waals surface area contributed by atoms with Crippen molar-refractivity contribution >= 4 is 23.4 Å². The third kappa shape index (κ3) is 1.66. The molecule has 1 aromatic carbocycles. The third-order valence-electron chi connectivity index (χ3n) is 3.38. The molecule has 18 heavy (non-hydrogen) atoms. The molecule has 1 unspecified atom stereocenters. The minimum absolute atomic E-state index is 0.0319. The van der Waals surface area contributed by atoms with Crippen molar-refractivity contribution in [3.8, 4) is 0 Å². The summed E-state index contributed by atoms with van der Waals surface area (Å²) in [6, 6.07) is 8.19. The lowest BCUT2D eigenvalue weighted by Gasteiger charge is -2.38. The molecular formula is C13H15N3OS. The van der Waals surface area contributed by atoms with Crippen molar-refractivity contribution < 1.29 is 4.79 Å². The van der Waals surface area contributed by atoms with Gasteiger partial charge in [-0.3, -0.25) is 4.79 Å². The minimum Gasteiger partial charge on any atom is -0.343 e. The molecule has 0 fully saturated rings. The molecule has 2 N–H and O–H groups in total. The van der Waals surface area contributed by atoms with Gasteiger partial charge in [-0.25, -0.2) is 0 Å². The van der Waals surface area contributed by atoms with Gasteiger partial charge in [0.15, 0.2) is 0 Å². The maximum atomic E-state index is 12.1. The highest BCUT2D eigenvalue weighted by molar-refractivity contribution is 7.99. The van der Waals surface area contributed by atoms with Gasteiger partial charge in [-0.1, -0.05) is 18.2 Å². The van der Waals surface area contributed by atoms with Crippen molar-refractivity contribution in [3.05, 3.63) is 41.2 Å². The molecule has 5 heteroatoms. The van der Waals surface area contributed by atoms with Gasteiger partial charge in [0.25, 0.3) is 5.91 Å². The molecule has 4 nitrogen and oxygen atoms in total. The smallest absolute Gasteiger partial charge is 0.253 e. The fourth-order valence-corrected chi connectivity index (χ4v) is 2.90. The number of hydrogen-bond donors (Lipinski definition) is 2. The van der Waals surface area contributed by atoms with Crippen LogP contribution >= 0.6 is 11.8 Å². The Balaban J connectivity index is 2.04. The Hall–Kier alpha value is -1.62. The molecule has 2 aliphatic rings. The summed E-state index contributed by atoms with van der Waals surface area (Å²) < 4.78 is 0. The first kappa shape index (κ1) is 11.5. The average molecular weight is 261 g/mol. The summed E-state index contributed by atoms with van der Waals surface area (Å²) in [5, 5.41) is 6.31. The topological polar surface area (TPSA) is 44.4 Å². The number of thioether (sulfide) groups is 1. The van der Waals surface area contributed by atoms with E-state index in [2.05, 4.69) is 27.7 Å². The third-order valence-corrected chi connectivity index (χ3v) is 4.09. The van der Waals surface area contributed by atoms with E-state index in [0.717, 1.165) is 11.4 Å². The van der Waals surface area contributed by atoms with Crippen LogP contribution in [-0.4, -0.2) is 24.7 Å². The van der Waals surface area contributed by atoms with E-state index < -0.39 is 0 Å². The second kappa shape index (κ2) is 4.24. The van der Waals surface area contributed by atoms with E-state index >= 15 is 0 Å². The number of benzene rings is 1. The van der Waals surface area contributed by atoms with E-state index in [1.165, 1.54) is 11.3 Å². The summed E-state index contributed by atoms with van der Waals surface area (Å²) >= 11 is 1.58. The van der Waals surface area contributed by atoms with Gasteiger partial charge in [0.05, 0.1) is 5.57 Å². The van der Waals surface area contributed by atoms with Crippen molar-refractivity contribution in [3.63, 3.8) is 0 Å². The Labute approximate surface area is 110 Å². The van der Waals surface area contributed by atoms with Crippen LogP contribution in [0.4, 0.5) is 5.69 Å². The molecule has 0 aromatic heterocycles. The van der Waals surface area contributed by atoms with Gasteiger partial charge in [-0.15, -0.1) is 11.8 Å². The number of carbonyl (C=O) groups is 1. The molecule has 0 aliphatic carbocycles. The molecular weight excluding hydrogens is 246 g/mol. The van der Waals surface area contributed by atoms with Crippen molar-refractivity contribution in [2.24, 2.45) is 0 Å². The number of carbonyl (C=O) groups excluding carboxylic acids is 1. The van der Waals surface area contributed by atoms with Crippen LogP contribution in [0.1, 0.15) is 5.56 Å². The molecule has 0 bridgehead atoms. The zero-order valence-corrected chi connectivity index (χ0v) is 11.2. The lowest BCUT2D eigenvalue weighted by Crippen LogP contribution is -2.53. The first-order chi connectivity index (χ1) is 8.70. The summed E-state index contributed by atoms with van der Waals surface area (Å²) in [6.07, 6.45) is 2.66. The van der Waals surface area contributed by atoms with Crippen molar-refractivity contribution in [2.75, 3.05) is 18.2 Å². The maximum Gasteiger partial charge on any atom is 0.253 e. The zero-order chi connectivity index (χ0) is 12.7. The van der Waals surface area contributed by atoms with Gasteiger partial charge in [0, 0.05) is 19.2 Å². The van der Waals surface area contributed by atoms with Crippen LogP contribution in [0.3, 0.4) is 0 Å². The van der Waals surface area contributed by atoms with Gasteiger partial charge < -0.3 is 15.5 Å². The average Bonchev–Trinajstić information content (AvgIpc) is 2.40. The standard InChI is InChI=1S/C13H15N3OS/c1-16-10-6-4-3-5-8(10)7-9-11(16)14-13(18-2)15-12(9)17/h3-6,13-14H,7H2,1-2H3,(H,15,17). The van der Waals surface area contributed by atoms with Crippen LogP contribution in [0.5, 0.6) is 0 Å². The van der Waals surface area contributed by atoms with E-state index in [1.807, 2.05) is 25.4 Å². The fourth-order valence-electron chi connectivity index (χ4n) is 2.44. The summed E-state index contributed by atoms with van der Waals surface area (Å²) in [5.74, 6) is 0.959. The predicted octanol–water partition coefficient (Wildman–Crippen LogP) is 1.26. The normalized spacial score (nSPS) is 22.0. The highest BCUT2D eigenvalue weighted by atomic mass is 32.2. The van der Waals surface area contributed by atoms with Crippen molar-refractivity contribution in [1.82, 2.24) is 10.6 Å². The van der Waals surface area contributed by atoms with Crippen LogP contribution in [0.2, 0.25) is 0 Å². The molecule has 0 saturated carbocycles. The van der Waals surface area contributed by atoms with Crippen LogP contribution < -0.4 is 15.5 Å². The number of rotatable bonds is 1. The molecule has 2 heterocycles. The number of nitrogens with one attached hydrogen (secondary N) is 2. The van der Waals surface area contributed by atoms with Crippen LogP contribution in [0.25, 0.3) is 0 Å². The molecule has 1 aromatic rings. The largest absolute Gasteiger partial charge is 0.343 e. The molecule has 2 aliphatic heterocycles. The first-order valence-corrected chi connectivity index (χ1v) is 7.14. The van der Waals surface area contributed by atoms with Crippen LogP contribution in [0.15, 0.2) is 35.7 Å². The van der Waals surface area contributed by atoms with E-state index in [-0.39, 0.29) is 11.4 Å². The fraction of sp³-hybridized carbons (Fsp3) is 0.308. The van der Waals surface area contributed by atoms with E-state index in [1.54, 1.807) is 11.8 Å². The van der Waals surface area contributed by atoms with Gasteiger partial charge in [-0.05, 0) is 17.9 Å². The second-order valence-corrected chi connectivity index (χ2v) is 5.37. The monoisotopic (exact) mass is 261 g/mol. The zero-order valence-electron chi connectivity index (χ0n) is 10.4. The molecule has 0 spiro atoms. The summed E-state index contributed by atoms with van der Waals surface area (Å²) in [5.41, 5.74) is 3.13. The summed E-state index contributed by atoms with van der Waals surface area (Å²) in [4.78, 5) is 14.2. The van der Waals surface area contributed by atoms with E-state index in [4.69, 9.17) is 0 Å². The number of para-hydroxylation sites is 1. The Morgan fingerprint density at radius 1 is 1.33 bits per heavy atom. The van der Waals surface area contributed by atoms with Crippen LogP contribution in [0, 0.1) is 0 Å². The predicted molar refractivity (Wildman–Crippen MR) is 74.2 cm³/mol. The number of hydrogen-bond acceptors (Lipinski definition) is 4. The lowest BCUT2D eigenvalue weighted by atomic mass is 9.97. The lowest BCUT2D eigenvalue weighted by molar-refractivity contribution is -0.118. The minimum atomic E-state index is -0.0519. The van der Waals surface area contributed by atoms with Crippen molar-refractivity contribution in [1.29, 1.82) is 0 Å². The van der Waals surface area contributed by atoms with Gasteiger partial charge in [0.2, 0.25) is 0 Å². The number of fused-ring (bicyclic) bond motifs is 1. The Kier molecular flexibility index (Phi) is 2.70. The number of amides is 1. The molecule has 0 saturated heterocycles. The molecule has 1 amide bonds. The molecule has 0 radical (unpaired) electrons. The van der Waals surface area contributed by atoms with E-state index in [0.29, 0.717) is 6.42 Å². The molecule has 1 atom stereocenters. The van der Waals surface area contributed by atoms with Crippen LogP contribution in [-0.2, 0) is 11.2 Å². The quantitative estimate of drug-likeness (QED) is 0.799. The summed E-state index contributed by atoms with van der Waals surface area (Å²) in [6.45, 7) is 0. The molecule has 94 valence electrons. The Bertz CT molecular complexity index is 541. The van der Waals surface area contributed by atoms with E-state index in [9.17, 15) is 4.79 Å². The summed E-state index contributed by atoms with van der Waals surface area (Å²) in [7, 11) is 2.00. The highest BCUT2D eigenvalue weighted by Gasteiger charge is 2.32. The molecule has 3 rings (SSSR count). The Morgan fingerprint density at radius 3 is 2.89 bits per heavy atom. The van der Waals surface area contributed by atoms with Gasteiger partial charge >= 0.3 is 0 Å². The second-order valence-electron chi connectivity index (χ2n) is 4.43. The first-order valence-electron chi connectivity index (χ1n) is 5.85. The number of anilines is 1. The van der Waals surface area contributed by atoms with Gasteiger partial charge in [-0.2, -0.15) is 0 Å². The highest BCUT2D eigenvalue weighted by Crippen LogP contribution is 2.32. The van der Waals surface area contributed by atoms with Gasteiger partial charge in [0.1, 0.15) is 11.3 Å². The Morgan fingerprint density at radius 2 is 2.11 bits per heavy atom. The van der Waals surface area contributed by atoms with Crippen molar-refractivity contribution in [2.45, 2.75) is 11.9 Å². The number of nitrogens with zero attached hydrogens (tertiary/aromatic N) is 1. The SMILES string of the molecule is CSC1NC(=O)C2=C(N1)N(C)c1ccccc1C2.